The topological polar surface area (TPSA) is 70.3 Å². The number of nitrogens with one attached hydrogen (secondary N) is 1. The summed E-state index contributed by atoms with van der Waals surface area (Å²) in [6.45, 7) is 2.81. The molecule has 0 aliphatic carbocycles. The third kappa shape index (κ3) is 4.64. The summed E-state index contributed by atoms with van der Waals surface area (Å²) in [5.41, 5.74) is 2.92. The second-order valence-electron chi connectivity index (χ2n) is 6.82. The molecule has 0 unspecified atom stereocenters. The molecule has 1 aliphatic rings. The number of hydrogen-bond donors (Lipinski definition) is 2. The highest BCUT2D eigenvalue weighted by Crippen LogP contribution is 2.43. The van der Waals surface area contributed by atoms with Gasteiger partial charge in [-0.25, -0.2) is 0 Å². The standard InChI is InChI=1S/C20H18Cl2N2O3S3/c1-2-24-19(11-18-23-15-10-12(21)5-7-16(15)28-18)29-17-8-6-14(22)13(20(17)24)4-3-9-30(25,26)27/h5-8,10-11H,2-4,9H2,1H3,(H,25,26,27)/p+1. The molecule has 30 heavy (non-hydrogen) atoms. The molecule has 1 aromatic heterocycles. The van der Waals surface area contributed by atoms with Crippen LogP contribution in [-0.4, -0.2) is 18.7 Å². The van der Waals surface area contributed by atoms with E-state index in [1.807, 2.05) is 30.3 Å². The minimum Gasteiger partial charge on any atom is -0.349 e. The molecule has 10 heteroatoms. The summed E-state index contributed by atoms with van der Waals surface area (Å²) in [5.74, 6) is -0.283. The van der Waals surface area contributed by atoms with Crippen molar-refractivity contribution in [3.63, 3.8) is 0 Å². The number of aromatic nitrogens is 1. The predicted octanol–water partition coefficient (Wildman–Crippen LogP) is 5.85. The highest BCUT2D eigenvalue weighted by Gasteiger charge is 2.25. The summed E-state index contributed by atoms with van der Waals surface area (Å²) in [6.07, 6.45) is 2.89. The molecular formula is C20H19Cl2N2O3S3+. The number of thiazole rings is 1. The molecule has 4 rings (SSSR count). The molecule has 0 fully saturated rings. The molecule has 0 amide bonds. The number of halogens is 2. The van der Waals surface area contributed by atoms with Crippen molar-refractivity contribution in [1.29, 1.82) is 0 Å². The zero-order valence-corrected chi connectivity index (χ0v) is 19.9. The van der Waals surface area contributed by atoms with Gasteiger partial charge in [0.15, 0.2) is 0 Å². The first-order chi connectivity index (χ1) is 14.2. The fraction of sp³-hybridized carbons (Fsp3) is 0.250. The number of rotatable bonds is 6. The first kappa shape index (κ1) is 21.9. The second-order valence-corrected chi connectivity index (χ2v) is 11.4. The minimum atomic E-state index is -3.99. The van der Waals surface area contributed by atoms with Gasteiger partial charge in [-0.05, 0) is 50.1 Å². The van der Waals surface area contributed by atoms with Gasteiger partial charge in [0, 0.05) is 15.5 Å². The number of thioether (sulfide) groups is 1. The fourth-order valence-corrected chi connectivity index (χ4v) is 6.61. The molecule has 0 saturated heterocycles. The van der Waals surface area contributed by atoms with Crippen LogP contribution in [0.15, 0.2) is 40.3 Å². The Balaban J connectivity index is 1.71. The molecule has 2 heterocycles. The van der Waals surface area contributed by atoms with Crippen LogP contribution in [0.5, 0.6) is 0 Å². The molecule has 2 aromatic carbocycles. The largest absolute Gasteiger partial charge is 0.349 e. The van der Waals surface area contributed by atoms with Crippen LogP contribution in [0.2, 0.25) is 10.0 Å². The minimum absolute atomic E-state index is 0.283. The highest BCUT2D eigenvalue weighted by molar-refractivity contribution is 8.03. The van der Waals surface area contributed by atoms with E-state index in [0.29, 0.717) is 22.9 Å². The molecule has 5 nitrogen and oxygen atoms in total. The first-order valence-electron chi connectivity index (χ1n) is 9.30. The molecule has 158 valence electrons. The van der Waals surface area contributed by atoms with Crippen molar-refractivity contribution in [2.24, 2.45) is 0 Å². The molecule has 3 aromatic rings. The van der Waals surface area contributed by atoms with E-state index in [9.17, 15) is 8.42 Å². The number of hydrogen-bond acceptors (Lipinski definition) is 5. The maximum atomic E-state index is 11.1. The van der Waals surface area contributed by atoms with Crippen LogP contribution in [-0.2, 0) is 23.1 Å². The van der Waals surface area contributed by atoms with Crippen molar-refractivity contribution in [3.05, 3.63) is 56.0 Å². The van der Waals surface area contributed by atoms with Crippen LogP contribution >= 0.6 is 46.3 Å². The average Bonchev–Trinajstić information content (AvgIpc) is 3.22. The van der Waals surface area contributed by atoms with Crippen molar-refractivity contribution in [2.45, 2.75) is 31.2 Å². The molecule has 1 aliphatic heterocycles. The van der Waals surface area contributed by atoms with Gasteiger partial charge in [0.1, 0.15) is 11.2 Å². The Morgan fingerprint density at radius 2 is 2.03 bits per heavy atom. The Morgan fingerprint density at radius 1 is 1.23 bits per heavy atom. The van der Waals surface area contributed by atoms with Crippen LogP contribution in [0.3, 0.4) is 0 Å². The summed E-state index contributed by atoms with van der Waals surface area (Å²) in [6, 6.07) is 9.64. The van der Waals surface area contributed by atoms with Gasteiger partial charge in [0.05, 0.1) is 27.6 Å². The quantitative estimate of drug-likeness (QED) is 0.327. The first-order valence-corrected chi connectivity index (χ1v) is 13.3. The summed E-state index contributed by atoms with van der Waals surface area (Å²) in [7, 11) is -3.99. The third-order valence-electron chi connectivity index (χ3n) is 4.76. The Morgan fingerprint density at radius 3 is 2.77 bits per heavy atom. The lowest BCUT2D eigenvalue weighted by Gasteiger charge is -2.04. The summed E-state index contributed by atoms with van der Waals surface area (Å²) in [4.78, 5) is 1.13. The molecule has 0 saturated carbocycles. The van der Waals surface area contributed by atoms with Gasteiger partial charge in [0.25, 0.3) is 15.1 Å². The van der Waals surface area contributed by atoms with Crippen LogP contribution in [0.25, 0.3) is 16.3 Å². The van der Waals surface area contributed by atoms with E-state index in [1.54, 1.807) is 23.1 Å². The average molecular weight is 502 g/mol. The maximum Gasteiger partial charge on any atom is 0.265 e. The van der Waals surface area contributed by atoms with Gasteiger partial charge in [-0.2, -0.15) is 13.0 Å². The van der Waals surface area contributed by atoms with Gasteiger partial charge in [-0.15, -0.1) is 0 Å². The van der Waals surface area contributed by atoms with E-state index in [2.05, 4.69) is 22.9 Å². The van der Waals surface area contributed by atoms with Crippen molar-refractivity contribution in [2.75, 3.05) is 11.1 Å². The van der Waals surface area contributed by atoms with Gasteiger partial charge in [-0.3, -0.25) is 4.55 Å². The van der Waals surface area contributed by atoms with Crippen LogP contribution in [0.4, 0.5) is 5.69 Å². The lowest BCUT2D eigenvalue weighted by atomic mass is 10.1. The van der Waals surface area contributed by atoms with Crippen molar-refractivity contribution < 1.29 is 17.5 Å². The molecule has 0 atom stereocenters. The van der Waals surface area contributed by atoms with Crippen LogP contribution in [0.1, 0.15) is 23.9 Å². The zero-order chi connectivity index (χ0) is 21.5. The van der Waals surface area contributed by atoms with E-state index in [-0.39, 0.29) is 5.75 Å². The second kappa shape index (κ2) is 8.68. The smallest absolute Gasteiger partial charge is 0.265 e. The monoisotopic (exact) mass is 501 g/mol. The van der Waals surface area contributed by atoms with Gasteiger partial charge in [-0.1, -0.05) is 46.3 Å². The van der Waals surface area contributed by atoms with Gasteiger partial charge >= 0.3 is 0 Å². The Kier molecular flexibility index (Phi) is 6.35. The van der Waals surface area contributed by atoms with Gasteiger partial charge in [0.2, 0.25) is 5.52 Å². The predicted molar refractivity (Wildman–Crippen MR) is 126 cm³/mol. The van der Waals surface area contributed by atoms with Crippen molar-refractivity contribution in [3.8, 4) is 0 Å². The highest BCUT2D eigenvalue weighted by atomic mass is 35.5. The number of anilines is 1. The van der Waals surface area contributed by atoms with E-state index in [0.717, 1.165) is 42.9 Å². The van der Waals surface area contributed by atoms with E-state index in [4.69, 9.17) is 27.8 Å². The fourth-order valence-electron chi connectivity index (χ4n) is 3.48. The molecule has 2 N–H and O–H groups in total. The van der Waals surface area contributed by atoms with E-state index in [1.165, 1.54) is 0 Å². The number of fused-ring (bicyclic) bond motifs is 2. The summed E-state index contributed by atoms with van der Waals surface area (Å²) < 4.78 is 34.5. The SMILES string of the molecule is CC[n+]1c(C=C2Nc3cc(Cl)ccc3S2)sc2ccc(Cl)c(CCCS(=O)(=O)O)c21. The normalized spacial score (nSPS) is 15.0. The lowest BCUT2D eigenvalue weighted by molar-refractivity contribution is -0.665. The van der Waals surface area contributed by atoms with E-state index < -0.39 is 10.1 Å². The molecule has 0 radical (unpaired) electrons. The number of benzene rings is 2. The molecular weight excluding hydrogens is 483 g/mol. The van der Waals surface area contributed by atoms with Crippen LogP contribution in [0, 0.1) is 0 Å². The number of nitrogens with zero attached hydrogens (tertiary/aromatic N) is 1. The molecule has 0 bridgehead atoms. The Labute approximate surface area is 193 Å². The lowest BCUT2D eigenvalue weighted by Crippen LogP contribution is -2.34. The van der Waals surface area contributed by atoms with Gasteiger partial charge < -0.3 is 5.32 Å². The Hall–Kier alpha value is -1.29. The maximum absolute atomic E-state index is 11.1. The Bertz CT molecular complexity index is 1270. The summed E-state index contributed by atoms with van der Waals surface area (Å²) >= 11 is 15.9. The molecule has 0 spiro atoms. The van der Waals surface area contributed by atoms with Crippen molar-refractivity contribution in [1.82, 2.24) is 0 Å². The van der Waals surface area contributed by atoms with E-state index >= 15 is 0 Å². The number of aryl methyl sites for hydroxylation is 2. The van der Waals surface area contributed by atoms with Crippen LogP contribution < -0.4 is 9.88 Å². The third-order valence-corrected chi connectivity index (χ3v) is 8.26. The van der Waals surface area contributed by atoms with Crippen molar-refractivity contribution >= 4 is 78.4 Å². The summed E-state index contributed by atoms with van der Waals surface area (Å²) in [5, 5.41) is 6.79. The zero-order valence-electron chi connectivity index (χ0n) is 16.0.